The van der Waals surface area contributed by atoms with E-state index in [-0.39, 0.29) is 24.0 Å². The molecule has 3 N–H and O–H groups in total. The number of hydrogen-bond donors (Lipinski definition) is 2. The van der Waals surface area contributed by atoms with Crippen LogP contribution in [0.2, 0.25) is 0 Å². The molecule has 1 fully saturated rings. The molecule has 7 heteroatoms. The van der Waals surface area contributed by atoms with Gasteiger partial charge in [0, 0.05) is 12.1 Å². The van der Waals surface area contributed by atoms with Gasteiger partial charge < -0.3 is 20.5 Å². The lowest BCUT2D eigenvalue weighted by molar-refractivity contribution is -0.127. The van der Waals surface area contributed by atoms with Crippen molar-refractivity contribution in [3.8, 4) is 11.5 Å². The molecular weight excluding hydrogens is 318 g/mol. The van der Waals surface area contributed by atoms with Crippen LogP contribution >= 0.6 is 0 Å². The highest BCUT2D eigenvalue weighted by Gasteiger charge is 2.35. The molecule has 1 aromatic rings. The van der Waals surface area contributed by atoms with Crippen molar-refractivity contribution >= 4 is 5.91 Å². The number of para-hydroxylation sites is 1. The number of carbonyl (C=O) groups excluding carboxylic acids is 1. The molecule has 0 bridgehead atoms. The van der Waals surface area contributed by atoms with Crippen molar-refractivity contribution in [3.63, 3.8) is 0 Å². The van der Waals surface area contributed by atoms with Crippen LogP contribution in [0.4, 0.5) is 8.78 Å². The Kier molecular flexibility index (Phi) is 6.36. The second kappa shape index (κ2) is 8.28. The Morgan fingerprint density at radius 3 is 2.67 bits per heavy atom. The summed E-state index contributed by atoms with van der Waals surface area (Å²) in [6.45, 7) is -0.843. The molecule has 134 valence electrons. The number of ether oxygens (including phenoxy) is 2. The van der Waals surface area contributed by atoms with Gasteiger partial charge in [0.15, 0.2) is 11.5 Å². The van der Waals surface area contributed by atoms with Crippen LogP contribution in [0.25, 0.3) is 0 Å². The third-order valence-electron chi connectivity index (χ3n) is 4.20. The van der Waals surface area contributed by atoms with Gasteiger partial charge in [-0.3, -0.25) is 4.79 Å². The van der Waals surface area contributed by atoms with Crippen LogP contribution in [0.1, 0.15) is 44.6 Å². The highest BCUT2D eigenvalue weighted by atomic mass is 19.3. The number of amides is 1. The van der Waals surface area contributed by atoms with E-state index in [1.165, 1.54) is 0 Å². The van der Waals surface area contributed by atoms with Crippen LogP contribution < -0.4 is 20.5 Å². The quantitative estimate of drug-likeness (QED) is 0.799. The standard InChI is InChI=1S/C17H24F2N2O3/c1-2-23-13-8-6-7-12(14(13)24-16(18)19)11-21-15(22)17(20)9-4-3-5-10-17/h6-8,16H,2-5,9-11,20H2,1H3,(H,21,22). The Morgan fingerprint density at radius 2 is 2.04 bits per heavy atom. The van der Waals surface area contributed by atoms with Crippen molar-refractivity contribution in [1.29, 1.82) is 0 Å². The average Bonchev–Trinajstić information content (AvgIpc) is 2.55. The highest BCUT2D eigenvalue weighted by Crippen LogP contribution is 2.33. The van der Waals surface area contributed by atoms with Gasteiger partial charge in [-0.1, -0.05) is 31.4 Å². The summed E-state index contributed by atoms with van der Waals surface area (Å²) in [7, 11) is 0. The SMILES string of the molecule is CCOc1cccc(CNC(=O)C2(N)CCCCC2)c1OC(F)F. The van der Waals surface area contributed by atoms with Crippen molar-refractivity contribution < 1.29 is 23.0 Å². The van der Waals surface area contributed by atoms with E-state index in [9.17, 15) is 13.6 Å². The van der Waals surface area contributed by atoms with Gasteiger partial charge in [-0.25, -0.2) is 0 Å². The molecule has 0 heterocycles. The van der Waals surface area contributed by atoms with Crippen LogP contribution in [-0.4, -0.2) is 24.7 Å². The predicted octanol–water partition coefficient (Wildman–Crippen LogP) is 2.96. The zero-order valence-electron chi connectivity index (χ0n) is 13.8. The first-order chi connectivity index (χ1) is 11.5. The number of nitrogens with one attached hydrogen (secondary N) is 1. The van der Waals surface area contributed by atoms with Crippen molar-refractivity contribution in [1.82, 2.24) is 5.32 Å². The molecule has 1 amide bonds. The van der Waals surface area contributed by atoms with E-state index in [2.05, 4.69) is 10.1 Å². The number of hydrogen-bond acceptors (Lipinski definition) is 4. The fourth-order valence-electron chi connectivity index (χ4n) is 2.95. The molecule has 5 nitrogen and oxygen atoms in total. The lowest BCUT2D eigenvalue weighted by Gasteiger charge is -2.31. The molecule has 1 saturated carbocycles. The van der Waals surface area contributed by atoms with E-state index >= 15 is 0 Å². The lowest BCUT2D eigenvalue weighted by Crippen LogP contribution is -2.54. The van der Waals surface area contributed by atoms with E-state index in [1.807, 2.05) is 0 Å². The molecule has 0 saturated heterocycles. The van der Waals surface area contributed by atoms with Crippen molar-refractivity contribution in [3.05, 3.63) is 23.8 Å². The van der Waals surface area contributed by atoms with E-state index < -0.39 is 12.2 Å². The van der Waals surface area contributed by atoms with Crippen molar-refractivity contribution in [2.24, 2.45) is 5.73 Å². The maximum Gasteiger partial charge on any atom is 0.387 e. The summed E-state index contributed by atoms with van der Waals surface area (Å²) in [4.78, 5) is 12.4. The first-order valence-corrected chi connectivity index (χ1v) is 8.23. The number of benzene rings is 1. The van der Waals surface area contributed by atoms with E-state index in [0.29, 0.717) is 25.0 Å². The predicted molar refractivity (Wildman–Crippen MR) is 86.1 cm³/mol. The van der Waals surface area contributed by atoms with Gasteiger partial charge in [0.05, 0.1) is 12.1 Å². The topological polar surface area (TPSA) is 73.6 Å². The molecular formula is C17H24F2N2O3. The molecule has 1 aromatic carbocycles. The molecule has 0 atom stereocenters. The van der Waals surface area contributed by atoms with Gasteiger partial charge in [-0.15, -0.1) is 0 Å². The first kappa shape index (κ1) is 18.4. The Labute approximate surface area is 140 Å². The van der Waals surface area contributed by atoms with Crippen LogP contribution in [0, 0.1) is 0 Å². The van der Waals surface area contributed by atoms with Crippen LogP contribution in [0.3, 0.4) is 0 Å². The zero-order valence-corrected chi connectivity index (χ0v) is 13.8. The van der Waals surface area contributed by atoms with Gasteiger partial charge in [0.25, 0.3) is 0 Å². The first-order valence-electron chi connectivity index (χ1n) is 8.23. The average molecular weight is 342 g/mol. The summed E-state index contributed by atoms with van der Waals surface area (Å²) in [6.07, 6.45) is 4.19. The summed E-state index contributed by atoms with van der Waals surface area (Å²) < 4.78 is 35.3. The normalized spacial score (nSPS) is 16.7. The second-order valence-corrected chi connectivity index (χ2v) is 5.96. The number of nitrogens with two attached hydrogens (primary N) is 1. The lowest BCUT2D eigenvalue weighted by atomic mass is 9.82. The summed E-state index contributed by atoms with van der Waals surface area (Å²) in [5, 5.41) is 2.75. The summed E-state index contributed by atoms with van der Waals surface area (Å²) >= 11 is 0. The fourth-order valence-corrected chi connectivity index (χ4v) is 2.95. The van der Waals surface area contributed by atoms with E-state index in [1.54, 1.807) is 25.1 Å². The maximum absolute atomic E-state index is 12.7. The summed E-state index contributed by atoms with van der Waals surface area (Å²) in [5.41, 5.74) is 5.72. The van der Waals surface area contributed by atoms with Crippen molar-refractivity contribution in [2.45, 2.75) is 57.7 Å². The van der Waals surface area contributed by atoms with Gasteiger partial charge in [-0.05, 0) is 25.8 Å². The van der Waals surface area contributed by atoms with E-state index in [4.69, 9.17) is 10.5 Å². The Hall–Kier alpha value is -1.89. The summed E-state index contributed by atoms with van der Waals surface area (Å²) in [6, 6.07) is 4.84. The number of alkyl halides is 2. The van der Waals surface area contributed by atoms with Crippen LogP contribution in [0.15, 0.2) is 18.2 Å². The summed E-state index contributed by atoms with van der Waals surface area (Å²) in [5.74, 6) is -0.0824. The number of carbonyl (C=O) groups is 1. The monoisotopic (exact) mass is 342 g/mol. The van der Waals surface area contributed by atoms with Gasteiger partial charge in [-0.2, -0.15) is 8.78 Å². The molecule has 0 unspecified atom stereocenters. The van der Waals surface area contributed by atoms with Gasteiger partial charge in [0.2, 0.25) is 5.91 Å². The molecule has 0 radical (unpaired) electrons. The third kappa shape index (κ3) is 4.56. The number of halogens is 2. The van der Waals surface area contributed by atoms with Crippen LogP contribution in [0.5, 0.6) is 11.5 Å². The Morgan fingerprint density at radius 1 is 1.33 bits per heavy atom. The third-order valence-corrected chi connectivity index (χ3v) is 4.20. The maximum atomic E-state index is 12.7. The molecule has 0 spiro atoms. The molecule has 0 aliphatic heterocycles. The minimum absolute atomic E-state index is 0.0515. The minimum Gasteiger partial charge on any atom is -0.490 e. The fraction of sp³-hybridized carbons (Fsp3) is 0.588. The Bertz CT molecular complexity index is 561. The molecule has 1 aliphatic rings. The molecule has 2 rings (SSSR count). The molecule has 1 aliphatic carbocycles. The van der Waals surface area contributed by atoms with Gasteiger partial charge in [0.1, 0.15) is 0 Å². The smallest absolute Gasteiger partial charge is 0.387 e. The Balaban J connectivity index is 2.10. The van der Waals surface area contributed by atoms with Crippen LogP contribution in [-0.2, 0) is 11.3 Å². The largest absolute Gasteiger partial charge is 0.490 e. The second-order valence-electron chi connectivity index (χ2n) is 5.96. The highest BCUT2D eigenvalue weighted by molar-refractivity contribution is 5.86. The minimum atomic E-state index is -2.97. The zero-order chi connectivity index (χ0) is 17.6. The van der Waals surface area contributed by atoms with Crippen molar-refractivity contribution in [2.75, 3.05) is 6.61 Å². The molecule has 0 aromatic heterocycles. The van der Waals surface area contributed by atoms with E-state index in [0.717, 1.165) is 19.3 Å². The number of rotatable bonds is 7. The molecule has 24 heavy (non-hydrogen) atoms. The van der Waals surface area contributed by atoms with Gasteiger partial charge >= 0.3 is 6.61 Å².